The first-order valence-electron chi connectivity index (χ1n) is 5.37. The smallest absolute Gasteiger partial charge is 0.250 e. The molecule has 0 radical (unpaired) electrons. The number of hydrogen-bond donors (Lipinski definition) is 2. The van der Waals surface area contributed by atoms with Crippen molar-refractivity contribution in [1.29, 1.82) is 0 Å². The van der Waals surface area contributed by atoms with E-state index in [-0.39, 0.29) is 12.5 Å². The molecular weight excluding hydrogens is 204 g/mol. The minimum atomic E-state index is -0.122. The molecule has 4 heteroatoms. The van der Waals surface area contributed by atoms with Gasteiger partial charge in [0.2, 0.25) is 5.91 Å². The zero-order chi connectivity index (χ0) is 11.8. The van der Waals surface area contributed by atoms with Crippen LogP contribution in [0.25, 0.3) is 0 Å². The number of carbonyl (C=O) groups is 1. The number of ether oxygens (including phenoxy) is 1. The maximum absolute atomic E-state index is 11.3. The van der Waals surface area contributed by atoms with Gasteiger partial charge in [-0.1, -0.05) is 12.1 Å². The first kappa shape index (κ1) is 12.7. The SMILES string of the molecule is CCOCC(=O)Nc1ccc(CNC)cc1. The molecule has 0 aliphatic rings. The Hall–Kier alpha value is -1.39. The molecule has 0 aromatic heterocycles. The summed E-state index contributed by atoms with van der Waals surface area (Å²) in [5.41, 5.74) is 1.98. The van der Waals surface area contributed by atoms with Crippen molar-refractivity contribution in [3.8, 4) is 0 Å². The fourth-order valence-corrected chi connectivity index (χ4v) is 1.30. The fraction of sp³-hybridized carbons (Fsp3) is 0.417. The monoisotopic (exact) mass is 222 g/mol. The molecule has 0 atom stereocenters. The predicted octanol–water partition coefficient (Wildman–Crippen LogP) is 1.38. The number of rotatable bonds is 6. The quantitative estimate of drug-likeness (QED) is 0.764. The maximum Gasteiger partial charge on any atom is 0.250 e. The molecule has 1 amide bonds. The van der Waals surface area contributed by atoms with Crippen LogP contribution in [0.4, 0.5) is 5.69 Å². The number of amides is 1. The van der Waals surface area contributed by atoms with Crippen molar-refractivity contribution in [2.75, 3.05) is 25.6 Å². The van der Waals surface area contributed by atoms with Crippen molar-refractivity contribution in [1.82, 2.24) is 5.32 Å². The van der Waals surface area contributed by atoms with Crippen LogP contribution in [0, 0.1) is 0 Å². The van der Waals surface area contributed by atoms with E-state index in [1.165, 1.54) is 5.56 Å². The van der Waals surface area contributed by atoms with E-state index < -0.39 is 0 Å². The van der Waals surface area contributed by atoms with Gasteiger partial charge in [-0.15, -0.1) is 0 Å². The van der Waals surface area contributed by atoms with Crippen LogP contribution in [0.15, 0.2) is 24.3 Å². The van der Waals surface area contributed by atoms with Gasteiger partial charge < -0.3 is 15.4 Å². The Bertz CT molecular complexity index is 322. The zero-order valence-electron chi connectivity index (χ0n) is 9.75. The number of carbonyl (C=O) groups excluding carboxylic acids is 1. The molecule has 0 spiro atoms. The molecule has 0 fully saturated rings. The molecule has 0 saturated carbocycles. The molecule has 0 saturated heterocycles. The molecule has 0 bridgehead atoms. The summed E-state index contributed by atoms with van der Waals surface area (Å²) in [5, 5.41) is 5.83. The summed E-state index contributed by atoms with van der Waals surface area (Å²) < 4.78 is 5.01. The van der Waals surface area contributed by atoms with Gasteiger partial charge in [0.15, 0.2) is 0 Å². The molecule has 4 nitrogen and oxygen atoms in total. The summed E-state index contributed by atoms with van der Waals surface area (Å²) in [4.78, 5) is 11.3. The molecular formula is C12H18N2O2. The van der Waals surface area contributed by atoms with E-state index in [1.54, 1.807) is 0 Å². The molecule has 2 N–H and O–H groups in total. The van der Waals surface area contributed by atoms with Crippen LogP contribution in [-0.4, -0.2) is 26.2 Å². The van der Waals surface area contributed by atoms with Crippen molar-refractivity contribution in [3.63, 3.8) is 0 Å². The number of nitrogens with one attached hydrogen (secondary N) is 2. The lowest BCUT2D eigenvalue weighted by Gasteiger charge is -2.06. The first-order chi connectivity index (χ1) is 7.76. The normalized spacial score (nSPS) is 10.1. The minimum absolute atomic E-state index is 0.106. The Kier molecular flexibility index (Phi) is 5.53. The highest BCUT2D eigenvalue weighted by atomic mass is 16.5. The minimum Gasteiger partial charge on any atom is -0.372 e. The largest absolute Gasteiger partial charge is 0.372 e. The van der Waals surface area contributed by atoms with Crippen LogP contribution in [0.3, 0.4) is 0 Å². The second kappa shape index (κ2) is 6.98. The maximum atomic E-state index is 11.3. The molecule has 0 aliphatic carbocycles. The van der Waals surface area contributed by atoms with Gasteiger partial charge in [0, 0.05) is 18.8 Å². The van der Waals surface area contributed by atoms with Crippen LogP contribution in [0.1, 0.15) is 12.5 Å². The Balaban J connectivity index is 2.45. The summed E-state index contributed by atoms with van der Waals surface area (Å²) in [6.45, 7) is 3.34. The van der Waals surface area contributed by atoms with Crippen LogP contribution >= 0.6 is 0 Å². The molecule has 1 rings (SSSR count). The third-order valence-electron chi connectivity index (χ3n) is 2.06. The van der Waals surface area contributed by atoms with Gasteiger partial charge in [0.05, 0.1) is 0 Å². The summed E-state index contributed by atoms with van der Waals surface area (Å²) in [7, 11) is 1.90. The lowest BCUT2D eigenvalue weighted by atomic mass is 10.2. The highest BCUT2D eigenvalue weighted by Gasteiger charge is 2.01. The number of anilines is 1. The average molecular weight is 222 g/mol. The van der Waals surface area contributed by atoms with Crippen molar-refractivity contribution in [2.45, 2.75) is 13.5 Å². The lowest BCUT2D eigenvalue weighted by molar-refractivity contribution is -0.120. The van der Waals surface area contributed by atoms with Crippen LogP contribution in [-0.2, 0) is 16.1 Å². The van der Waals surface area contributed by atoms with Gasteiger partial charge >= 0.3 is 0 Å². The van der Waals surface area contributed by atoms with Crippen LogP contribution in [0.2, 0.25) is 0 Å². The zero-order valence-corrected chi connectivity index (χ0v) is 9.75. The Morgan fingerprint density at radius 3 is 2.56 bits per heavy atom. The Morgan fingerprint density at radius 1 is 1.31 bits per heavy atom. The first-order valence-corrected chi connectivity index (χ1v) is 5.37. The second-order valence-electron chi connectivity index (χ2n) is 3.41. The van der Waals surface area contributed by atoms with Crippen molar-refractivity contribution < 1.29 is 9.53 Å². The van der Waals surface area contributed by atoms with Crippen LogP contribution < -0.4 is 10.6 Å². The van der Waals surface area contributed by atoms with E-state index in [2.05, 4.69) is 10.6 Å². The van der Waals surface area contributed by atoms with Gasteiger partial charge in [0.1, 0.15) is 6.61 Å². The van der Waals surface area contributed by atoms with Gasteiger partial charge in [-0.05, 0) is 31.7 Å². The second-order valence-corrected chi connectivity index (χ2v) is 3.41. The van der Waals surface area contributed by atoms with Crippen molar-refractivity contribution >= 4 is 11.6 Å². The third-order valence-corrected chi connectivity index (χ3v) is 2.06. The Labute approximate surface area is 96.0 Å². The van der Waals surface area contributed by atoms with Crippen molar-refractivity contribution in [3.05, 3.63) is 29.8 Å². The summed E-state index contributed by atoms with van der Waals surface area (Å²) in [6.07, 6.45) is 0. The van der Waals surface area contributed by atoms with E-state index >= 15 is 0 Å². The van der Waals surface area contributed by atoms with Gasteiger partial charge in [-0.25, -0.2) is 0 Å². The highest BCUT2D eigenvalue weighted by Crippen LogP contribution is 2.09. The standard InChI is InChI=1S/C12H18N2O2/c1-3-16-9-12(15)14-11-6-4-10(5-7-11)8-13-2/h4-7,13H,3,8-9H2,1-2H3,(H,14,15). The highest BCUT2D eigenvalue weighted by molar-refractivity contribution is 5.91. The molecule has 88 valence electrons. The molecule has 1 aromatic rings. The Morgan fingerprint density at radius 2 is 2.00 bits per heavy atom. The predicted molar refractivity (Wildman–Crippen MR) is 64.3 cm³/mol. The summed E-state index contributed by atoms with van der Waals surface area (Å²) >= 11 is 0. The van der Waals surface area contributed by atoms with E-state index in [0.29, 0.717) is 6.61 Å². The molecule has 16 heavy (non-hydrogen) atoms. The lowest BCUT2D eigenvalue weighted by Crippen LogP contribution is -2.18. The van der Waals surface area contributed by atoms with Gasteiger partial charge in [-0.3, -0.25) is 4.79 Å². The van der Waals surface area contributed by atoms with Gasteiger partial charge in [-0.2, -0.15) is 0 Å². The van der Waals surface area contributed by atoms with E-state index in [4.69, 9.17) is 4.74 Å². The van der Waals surface area contributed by atoms with Crippen LogP contribution in [0.5, 0.6) is 0 Å². The number of benzene rings is 1. The molecule has 0 heterocycles. The average Bonchev–Trinajstić information content (AvgIpc) is 2.29. The number of hydrogen-bond acceptors (Lipinski definition) is 3. The molecule has 1 aromatic carbocycles. The van der Waals surface area contributed by atoms with E-state index in [1.807, 2.05) is 38.2 Å². The molecule has 0 aliphatic heterocycles. The van der Waals surface area contributed by atoms with Gasteiger partial charge in [0.25, 0.3) is 0 Å². The molecule has 0 unspecified atom stereocenters. The fourth-order valence-electron chi connectivity index (χ4n) is 1.30. The summed E-state index contributed by atoms with van der Waals surface area (Å²) in [6, 6.07) is 7.73. The van der Waals surface area contributed by atoms with E-state index in [0.717, 1.165) is 12.2 Å². The summed E-state index contributed by atoms with van der Waals surface area (Å²) in [5.74, 6) is -0.122. The third kappa shape index (κ3) is 4.42. The van der Waals surface area contributed by atoms with Crippen molar-refractivity contribution in [2.24, 2.45) is 0 Å². The van der Waals surface area contributed by atoms with E-state index in [9.17, 15) is 4.79 Å². The topological polar surface area (TPSA) is 50.4 Å².